The molecule has 0 aliphatic carbocycles. The van der Waals surface area contributed by atoms with Crippen molar-refractivity contribution in [3.8, 4) is 0 Å². The normalized spacial score (nSPS) is 15.5. The van der Waals surface area contributed by atoms with Gasteiger partial charge in [-0.15, -0.1) is 0 Å². The summed E-state index contributed by atoms with van der Waals surface area (Å²) >= 11 is 0. The van der Waals surface area contributed by atoms with Crippen LogP contribution in [-0.2, 0) is 0 Å². The van der Waals surface area contributed by atoms with Gasteiger partial charge in [-0.05, 0) is 51.2 Å². The second-order valence-corrected chi connectivity index (χ2v) is 8.22. The van der Waals surface area contributed by atoms with Crippen molar-refractivity contribution in [1.82, 2.24) is 20.1 Å². The Morgan fingerprint density at radius 3 is 2.42 bits per heavy atom. The number of aryl methyl sites for hydroxylation is 1. The summed E-state index contributed by atoms with van der Waals surface area (Å²) in [6.45, 7) is 7.10. The number of carbonyl (C=O) groups excluding carboxylic acids is 2. The Labute approximate surface area is 182 Å². The van der Waals surface area contributed by atoms with Crippen LogP contribution in [0.25, 0.3) is 0 Å². The topological polar surface area (TPSA) is 68.8 Å². The lowest BCUT2D eigenvalue weighted by atomic mass is 10.0. The summed E-state index contributed by atoms with van der Waals surface area (Å²) in [5.74, 6) is -0.867. The molecule has 1 aromatic carbocycles. The maximum absolute atomic E-state index is 14.1. The molecule has 2 amide bonds. The maximum Gasteiger partial charge on any atom is 0.271 e. The number of hydrogen-bond donors (Lipinski definition) is 1. The number of pyridine rings is 1. The molecule has 1 fully saturated rings. The van der Waals surface area contributed by atoms with Crippen molar-refractivity contribution in [1.29, 1.82) is 0 Å². The average Bonchev–Trinajstić information content (AvgIpc) is 2.73. The predicted molar refractivity (Wildman–Crippen MR) is 119 cm³/mol. The number of likely N-dealkylation sites (N-methyl/N-ethyl adjacent to an activating group) is 1. The highest BCUT2D eigenvalue weighted by Crippen LogP contribution is 2.28. The van der Waals surface area contributed by atoms with E-state index in [1.165, 1.54) is 17.0 Å². The van der Waals surface area contributed by atoms with E-state index in [1.54, 1.807) is 39.2 Å². The first kappa shape index (κ1) is 22.7. The molecule has 1 aliphatic rings. The van der Waals surface area contributed by atoms with E-state index in [9.17, 15) is 14.0 Å². The Morgan fingerprint density at radius 1 is 1.13 bits per heavy atom. The molecule has 2 heterocycles. The number of amides is 2. The molecule has 166 valence electrons. The number of anilines is 1. The summed E-state index contributed by atoms with van der Waals surface area (Å²) in [6, 6.07) is 7.48. The van der Waals surface area contributed by atoms with Crippen LogP contribution in [-0.4, -0.2) is 73.9 Å². The second kappa shape index (κ2) is 9.43. The van der Waals surface area contributed by atoms with Crippen molar-refractivity contribution in [2.75, 3.05) is 52.2 Å². The summed E-state index contributed by atoms with van der Waals surface area (Å²) in [5, 5.41) is 2.96. The van der Waals surface area contributed by atoms with Gasteiger partial charge in [0.2, 0.25) is 0 Å². The first-order chi connectivity index (χ1) is 14.7. The first-order valence-electron chi connectivity index (χ1n) is 10.4. The molecule has 31 heavy (non-hydrogen) atoms. The third-order valence-corrected chi connectivity index (χ3v) is 5.60. The molecule has 0 bridgehead atoms. The van der Waals surface area contributed by atoms with Gasteiger partial charge < -0.3 is 20.0 Å². The smallest absolute Gasteiger partial charge is 0.271 e. The van der Waals surface area contributed by atoms with Gasteiger partial charge in [-0.1, -0.05) is 0 Å². The Hall–Kier alpha value is -3.00. The lowest BCUT2D eigenvalue weighted by molar-refractivity contribution is 0.0820. The highest BCUT2D eigenvalue weighted by molar-refractivity contribution is 5.97. The van der Waals surface area contributed by atoms with Crippen LogP contribution in [0.4, 0.5) is 10.1 Å². The number of piperazine rings is 1. The molecule has 2 aromatic rings. The number of rotatable bonds is 5. The zero-order chi connectivity index (χ0) is 22.7. The Kier molecular flexibility index (Phi) is 6.90. The molecule has 0 radical (unpaired) electrons. The lowest BCUT2D eigenvalue weighted by Crippen LogP contribution is -2.45. The minimum absolute atomic E-state index is 0.222. The van der Waals surface area contributed by atoms with Gasteiger partial charge in [-0.25, -0.2) is 9.37 Å². The van der Waals surface area contributed by atoms with E-state index in [1.807, 2.05) is 6.92 Å². The van der Waals surface area contributed by atoms with Crippen molar-refractivity contribution in [3.63, 3.8) is 0 Å². The quantitative estimate of drug-likeness (QED) is 0.794. The van der Waals surface area contributed by atoms with Crippen LogP contribution in [0.1, 0.15) is 45.1 Å². The van der Waals surface area contributed by atoms with Gasteiger partial charge in [-0.3, -0.25) is 9.59 Å². The molecule has 1 atom stereocenters. The SMILES string of the molecule is Cc1nc(C(=O)N(C)C)ccc1C(=O)NC(C)c1cc(F)ccc1N1CCN(C)CC1. The van der Waals surface area contributed by atoms with Crippen LogP contribution in [0.2, 0.25) is 0 Å². The number of hydrogen-bond acceptors (Lipinski definition) is 5. The van der Waals surface area contributed by atoms with Gasteiger partial charge in [0.05, 0.1) is 17.3 Å². The van der Waals surface area contributed by atoms with Crippen molar-refractivity contribution in [2.45, 2.75) is 19.9 Å². The van der Waals surface area contributed by atoms with E-state index in [0.29, 0.717) is 11.3 Å². The van der Waals surface area contributed by atoms with Crippen molar-refractivity contribution < 1.29 is 14.0 Å². The van der Waals surface area contributed by atoms with E-state index >= 15 is 0 Å². The average molecular weight is 428 g/mol. The fourth-order valence-electron chi connectivity index (χ4n) is 3.71. The number of nitrogens with zero attached hydrogens (tertiary/aromatic N) is 4. The largest absolute Gasteiger partial charge is 0.369 e. The Bertz CT molecular complexity index is 970. The summed E-state index contributed by atoms with van der Waals surface area (Å²) in [4.78, 5) is 35.2. The minimum atomic E-state index is -0.402. The maximum atomic E-state index is 14.1. The van der Waals surface area contributed by atoms with Gasteiger partial charge >= 0.3 is 0 Å². The highest BCUT2D eigenvalue weighted by atomic mass is 19.1. The Balaban J connectivity index is 1.80. The fourth-order valence-corrected chi connectivity index (χ4v) is 3.71. The molecule has 7 nitrogen and oxygen atoms in total. The van der Waals surface area contributed by atoms with E-state index in [2.05, 4.69) is 27.1 Å². The molecule has 0 spiro atoms. The monoisotopic (exact) mass is 427 g/mol. The zero-order valence-electron chi connectivity index (χ0n) is 18.8. The molecule has 1 aliphatic heterocycles. The summed E-state index contributed by atoms with van der Waals surface area (Å²) in [5.41, 5.74) is 2.82. The Morgan fingerprint density at radius 2 is 1.81 bits per heavy atom. The second-order valence-electron chi connectivity index (χ2n) is 8.22. The number of carbonyl (C=O) groups is 2. The third kappa shape index (κ3) is 5.19. The predicted octanol–water partition coefficient (Wildman–Crippen LogP) is 2.47. The summed E-state index contributed by atoms with van der Waals surface area (Å²) in [6.07, 6.45) is 0. The van der Waals surface area contributed by atoms with E-state index in [-0.39, 0.29) is 23.3 Å². The molecule has 1 N–H and O–H groups in total. The number of nitrogens with one attached hydrogen (secondary N) is 1. The van der Waals surface area contributed by atoms with Crippen LogP contribution in [0.3, 0.4) is 0 Å². The number of aromatic nitrogens is 1. The zero-order valence-corrected chi connectivity index (χ0v) is 18.8. The van der Waals surface area contributed by atoms with Gasteiger partial charge in [0.1, 0.15) is 11.5 Å². The molecule has 0 saturated carbocycles. The molecule has 8 heteroatoms. The molecule has 1 saturated heterocycles. The third-order valence-electron chi connectivity index (χ3n) is 5.60. The molecule has 1 aromatic heterocycles. The minimum Gasteiger partial charge on any atom is -0.369 e. The lowest BCUT2D eigenvalue weighted by Gasteiger charge is -2.36. The summed E-state index contributed by atoms with van der Waals surface area (Å²) in [7, 11) is 5.39. The fraction of sp³-hybridized carbons (Fsp3) is 0.435. The first-order valence-corrected chi connectivity index (χ1v) is 10.4. The van der Waals surface area contributed by atoms with E-state index in [0.717, 1.165) is 37.4 Å². The van der Waals surface area contributed by atoms with Crippen molar-refractivity contribution in [2.24, 2.45) is 0 Å². The van der Waals surface area contributed by atoms with Crippen molar-refractivity contribution in [3.05, 3.63) is 58.7 Å². The van der Waals surface area contributed by atoms with Gasteiger partial charge in [0.25, 0.3) is 11.8 Å². The van der Waals surface area contributed by atoms with Crippen LogP contribution >= 0.6 is 0 Å². The number of benzene rings is 1. The standard InChI is InChI=1S/C23H30FN5O2/c1-15-18(7-8-20(25-15)23(31)27(3)4)22(30)26-16(2)19-14-17(24)6-9-21(19)29-12-10-28(5)11-13-29/h6-9,14,16H,10-13H2,1-5H3,(H,26,30). The number of halogens is 1. The van der Waals surface area contributed by atoms with Gasteiger partial charge in [0, 0.05) is 51.5 Å². The van der Waals surface area contributed by atoms with Crippen LogP contribution in [0.15, 0.2) is 30.3 Å². The summed E-state index contributed by atoms with van der Waals surface area (Å²) < 4.78 is 14.1. The van der Waals surface area contributed by atoms with Gasteiger partial charge in [0.15, 0.2) is 0 Å². The van der Waals surface area contributed by atoms with Crippen molar-refractivity contribution >= 4 is 17.5 Å². The molecule has 3 rings (SSSR count). The molecule has 1 unspecified atom stereocenters. The van der Waals surface area contributed by atoms with Crippen LogP contribution in [0, 0.1) is 12.7 Å². The van der Waals surface area contributed by atoms with Crippen LogP contribution in [0.5, 0.6) is 0 Å². The van der Waals surface area contributed by atoms with Crippen LogP contribution < -0.4 is 10.2 Å². The highest BCUT2D eigenvalue weighted by Gasteiger charge is 2.22. The molecular weight excluding hydrogens is 397 g/mol. The molecular formula is C23H30FN5O2. The van der Waals surface area contributed by atoms with E-state index in [4.69, 9.17) is 0 Å². The van der Waals surface area contributed by atoms with E-state index < -0.39 is 6.04 Å². The van der Waals surface area contributed by atoms with Gasteiger partial charge in [-0.2, -0.15) is 0 Å².